The number of amides is 1. The van der Waals surface area contributed by atoms with Crippen molar-refractivity contribution < 1.29 is 4.79 Å². The number of hydrogen-bond donors (Lipinski definition) is 1. The molecular formula is C12H8BrCl2N3O. The summed E-state index contributed by atoms with van der Waals surface area (Å²) in [7, 11) is 0. The molecule has 0 aromatic carbocycles. The molecule has 2 heterocycles. The maximum atomic E-state index is 12.0. The standard InChI is InChI=1S/C12H8BrCl2N3O/c1-6-8(14)5-9(15)11(17-6)18-12(19)10-7(13)3-2-4-16-10/h2-5H,1H3,(H,17,18,19). The van der Waals surface area contributed by atoms with Crippen molar-refractivity contribution in [2.45, 2.75) is 6.92 Å². The van der Waals surface area contributed by atoms with Crippen LogP contribution < -0.4 is 5.32 Å². The van der Waals surface area contributed by atoms with Crippen LogP contribution in [0.1, 0.15) is 16.2 Å². The van der Waals surface area contributed by atoms with Crippen LogP contribution in [0.4, 0.5) is 5.82 Å². The Kier molecular flexibility index (Phi) is 4.39. The topological polar surface area (TPSA) is 54.9 Å². The summed E-state index contributed by atoms with van der Waals surface area (Å²) in [5, 5.41) is 3.32. The number of aromatic nitrogens is 2. The fourth-order valence-corrected chi connectivity index (χ4v) is 2.21. The average molecular weight is 361 g/mol. The molecule has 0 aliphatic rings. The number of nitrogens with zero attached hydrogens (tertiary/aromatic N) is 2. The van der Waals surface area contributed by atoms with Gasteiger partial charge in [-0.2, -0.15) is 0 Å². The van der Waals surface area contributed by atoms with E-state index in [0.29, 0.717) is 15.2 Å². The molecule has 0 saturated carbocycles. The molecule has 0 aliphatic heterocycles. The van der Waals surface area contributed by atoms with Crippen LogP contribution in [0, 0.1) is 6.92 Å². The van der Waals surface area contributed by atoms with E-state index < -0.39 is 5.91 Å². The Morgan fingerprint density at radius 2 is 2.11 bits per heavy atom. The summed E-state index contributed by atoms with van der Waals surface area (Å²) >= 11 is 15.1. The maximum Gasteiger partial charge on any atom is 0.276 e. The van der Waals surface area contributed by atoms with Crippen molar-refractivity contribution in [1.29, 1.82) is 0 Å². The van der Waals surface area contributed by atoms with Crippen LogP contribution in [0.15, 0.2) is 28.9 Å². The molecule has 2 rings (SSSR count). The largest absolute Gasteiger partial charge is 0.304 e. The first-order valence-electron chi connectivity index (χ1n) is 5.23. The zero-order valence-corrected chi connectivity index (χ0v) is 12.8. The van der Waals surface area contributed by atoms with Crippen LogP contribution in [0.2, 0.25) is 10.0 Å². The lowest BCUT2D eigenvalue weighted by atomic mass is 10.3. The lowest BCUT2D eigenvalue weighted by Gasteiger charge is -2.08. The Labute approximate surface area is 128 Å². The molecule has 2 aromatic rings. The van der Waals surface area contributed by atoms with Gasteiger partial charge < -0.3 is 5.32 Å². The lowest BCUT2D eigenvalue weighted by molar-refractivity contribution is 0.102. The summed E-state index contributed by atoms with van der Waals surface area (Å²) in [6, 6.07) is 4.98. The van der Waals surface area contributed by atoms with Crippen molar-refractivity contribution in [3.05, 3.63) is 50.3 Å². The molecule has 0 aliphatic carbocycles. The van der Waals surface area contributed by atoms with Crippen molar-refractivity contribution in [3.8, 4) is 0 Å². The predicted molar refractivity (Wildman–Crippen MR) is 78.9 cm³/mol. The van der Waals surface area contributed by atoms with Gasteiger partial charge in [-0.1, -0.05) is 23.2 Å². The van der Waals surface area contributed by atoms with E-state index in [2.05, 4.69) is 31.2 Å². The molecule has 4 nitrogen and oxygen atoms in total. The highest BCUT2D eigenvalue weighted by Gasteiger charge is 2.14. The number of carbonyl (C=O) groups excluding carboxylic acids is 1. The Bertz CT molecular complexity index is 649. The summed E-state index contributed by atoms with van der Waals surface area (Å²) in [5.74, 6) is -0.144. The molecule has 0 unspecified atom stereocenters. The molecule has 7 heteroatoms. The summed E-state index contributed by atoms with van der Waals surface area (Å²) in [6.07, 6.45) is 1.53. The van der Waals surface area contributed by atoms with E-state index >= 15 is 0 Å². The highest BCUT2D eigenvalue weighted by atomic mass is 79.9. The van der Waals surface area contributed by atoms with Crippen molar-refractivity contribution in [1.82, 2.24) is 9.97 Å². The third kappa shape index (κ3) is 3.23. The molecule has 0 bridgehead atoms. The number of carbonyl (C=O) groups is 1. The molecule has 0 spiro atoms. The number of halogens is 3. The first-order valence-corrected chi connectivity index (χ1v) is 6.78. The highest BCUT2D eigenvalue weighted by Crippen LogP contribution is 2.26. The van der Waals surface area contributed by atoms with Crippen molar-refractivity contribution in [3.63, 3.8) is 0 Å². The van der Waals surface area contributed by atoms with Gasteiger partial charge in [-0.15, -0.1) is 0 Å². The molecule has 1 amide bonds. The van der Waals surface area contributed by atoms with Crippen LogP contribution in [0.25, 0.3) is 0 Å². The predicted octanol–water partition coefficient (Wildman–Crippen LogP) is 4.11. The van der Waals surface area contributed by atoms with Gasteiger partial charge in [0.1, 0.15) is 5.69 Å². The van der Waals surface area contributed by atoms with Gasteiger partial charge in [-0.25, -0.2) is 9.97 Å². The number of pyridine rings is 2. The number of anilines is 1. The van der Waals surface area contributed by atoms with Crippen LogP contribution in [0.5, 0.6) is 0 Å². The van der Waals surface area contributed by atoms with E-state index in [1.165, 1.54) is 12.3 Å². The minimum atomic E-state index is -0.399. The zero-order valence-electron chi connectivity index (χ0n) is 9.75. The van der Waals surface area contributed by atoms with E-state index in [-0.39, 0.29) is 16.5 Å². The highest BCUT2D eigenvalue weighted by molar-refractivity contribution is 9.10. The fraction of sp³-hybridized carbons (Fsp3) is 0.0833. The van der Waals surface area contributed by atoms with Gasteiger partial charge in [0.2, 0.25) is 0 Å². The van der Waals surface area contributed by atoms with Crippen LogP contribution >= 0.6 is 39.1 Å². The first kappa shape index (κ1) is 14.2. The Morgan fingerprint density at radius 3 is 2.79 bits per heavy atom. The number of rotatable bonds is 2. The van der Waals surface area contributed by atoms with Crippen molar-refractivity contribution in [2.75, 3.05) is 5.32 Å². The minimum Gasteiger partial charge on any atom is -0.304 e. The van der Waals surface area contributed by atoms with Crippen LogP contribution in [-0.2, 0) is 0 Å². The number of hydrogen-bond acceptors (Lipinski definition) is 3. The minimum absolute atomic E-state index is 0.256. The van der Waals surface area contributed by atoms with Gasteiger partial charge in [-0.3, -0.25) is 4.79 Å². The van der Waals surface area contributed by atoms with E-state index in [1.807, 2.05) is 0 Å². The molecule has 0 fully saturated rings. The summed E-state index contributed by atoms with van der Waals surface area (Å²) in [5.41, 5.74) is 0.842. The quantitative estimate of drug-likeness (QED) is 0.876. The molecule has 0 atom stereocenters. The van der Waals surface area contributed by atoms with E-state index in [1.54, 1.807) is 19.1 Å². The molecule has 2 aromatic heterocycles. The summed E-state index contributed by atoms with van der Waals surface area (Å²) < 4.78 is 0.592. The van der Waals surface area contributed by atoms with Gasteiger partial charge in [0.15, 0.2) is 5.82 Å². The molecule has 0 saturated heterocycles. The van der Waals surface area contributed by atoms with Crippen molar-refractivity contribution in [2.24, 2.45) is 0 Å². The monoisotopic (exact) mass is 359 g/mol. The van der Waals surface area contributed by atoms with Gasteiger partial charge in [0.05, 0.1) is 15.7 Å². The first-order chi connectivity index (χ1) is 8.99. The molecule has 19 heavy (non-hydrogen) atoms. The molecule has 98 valence electrons. The van der Waals surface area contributed by atoms with Gasteiger partial charge in [0, 0.05) is 10.7 Å². The van der Waals surface area contributed by atoms with Gasteiger partial charge in [0.25, 0.3) is 5.91 Å². The van der Waals surface area contributed by atoms with Crippen molar-refractivity contribution >= 4 is 50.9 Å². The third-order valence-electron chi connectivity index (χ3n) is 2.31. The molecular weight excluding hydrogens is 353 g/mol. The SMILES string of the molecule is Cc1nc(NC(=O)c2ncccc2Br)c(Cl)cc1Cl. The zero-order chi connectivity index (χ0) is 14.0. The number of nitrogens with one attached hydrogen (secondary N) is 1. The van der Waals surface area contributed by atoms with E-state index in [0.717, 1.165) is 0 Å². The Hall–Kier alpha value is -1.17. The lowest BCUT2D eigenvalue weighted by Crippen LogP contribution is -2.15. The van der Waals surface area contributed by atoms with Crippen LogP contribution in [0.3, 0.4) is 0 Å². The second-order valence-electron chi connectivity index (χ2n) is 3.67. The fourth-order valence-electron chi connectivity index (χ4n) is 1.37. The number of aryl methyl sites for hydroxylation is 1. The summed E-state index contributed by atoms with van der Waals surface area (Å²) in [6.45, 7) is 1.73. The van der Waals surface area contributed by atoms with E-state index in [4.69, 9.17) is 23.2 Å². The Balaban J connectivity index is 2.30. The second-order valence-corrected chi connectivity index (χ2v) is 5.34. The smallest absolute Gasteiger partial charge is 0.276 e. The third-order valence-corrected chi connectivity index (χ3v) is 3.62. The normalized spacial score (nSPS) is 10.3. The van der Waals surface area contributed by atoms with Gasteiger partial charge >= 0.3 is 0 Å². The molecule has 0 radical (unpaired) electrons. The molecule has 1 N–H and O–H groups in total. The second kappa shape index (κ2) is 5.86. The van der Waals surface area contributed by atoms with E-state index in [9.17, 15) is 4.79 Å². The van der Waals surface area contributed by atoms with Gasteiger partial charge in [-0.05, 0) is 41.1 Å². The maximum absolute atomic E-state index is 12.0. The van der Waals surface area contributed by atoms with Crippen LogP contribution in [-0.4, -0.2) is 15.9 Å². The average Bonchev–Trinajstić information content (AvgIpc) is 2.36. The Morgan fingerprint density at radius 1 is 1.37 bits per heavy atom. The summed E-state index contributed by atoms with van der Waals surface area (Å²) in [4.78, 5) is 20.2.